The number of fused-ring (bicyclic) bond motifs is 2. The summed E-state index contributed by atoms with van der Waals surface area (Å²) in [6, 6.07) is 14.2. The number of aromatic nitrogens is 3. The molecule has 202 valence electrons. The van der Waals surface area contributed by atoms with Crippen molar-refractivity contribution in [3.63, 3.8) is 0 Å². The number of rotatable bonds is 6. The van der Waals surface area contributed by atoms with Crippen molar-refractivity contribution in [2.24, 2.45) is 11.8 Å². The van der Waals surface area contributed by atoms with Gasteiger partial charge in [0.2, 0.25) is 5.95 Å². The summed E-state index contributed by atoms with van der Waals surface area (Å²) in [6.45, 7) is 1.79. The van der Waals surface area contributed by atoms with Crippen LogP contribution in [-0.2, 0) is 6.54 Å². The van der Waals surface area contributed by atoms with Crippen molar-refractivity contribution < 1.29 is 17.9 Å². The molecule has 1 aliphatic carbocycles. The van der Waals surface area contributed by atoms with E-state index in [1.54, 1.807) is 42.6 Å². The summed E-state index contributed by atoms with van der Waals surface area (Å²) in [6.07, 6.45) is 0.533. The molecule has 2 atom stereocenters. The van der Waals surface area contributed by atoms with E-state index in [-0.39, 0.29) is 17.9 Å². The van der Waals surface area contributed by atoms with Crippen LogP contribution in [0.5, 0.6) is 5.75 Å². The van der Waals surface area contributed by atoms with E-state index in [4.69, 9.17) is 11.6 Å². The van der Waals surface area contributed by atoms with E-state index in [1.807, 2.05) is 0 Å². The Hall–Kier alpha value is -3.63. The number of nitrogens with zero attached hydrogens (tertiary/aromatic N) is 4. The topological polar surface area (TPSA) is 72.3 Å². The lowest BCUT2D eigenvalue weighted by Crippen LogP contribution is -2.30. The summed E-state index contributed by atoms with van der Waals surface area (Å²) < 4.78 is 44.0. The molecule has 4 aromatic rings. The Balaban J connectivity index is 1.41. The summed E-state index contributed by atoms with van der Waals surface area (Å²) >= 11 is 6.42. The number of alkyl halides is 3. The fourth-order valence-corrected chi connectivity index (χ4v) is 5.96. The minimum Gasteiger partial charge on any atom is -0.406 e. The van der Waals surface area contributed by atoms with E-state index < -0.39 is 6.36 Å². The van der Waals surface area contributed by atoms with Gasteiger partial charge in [-0.25, -0.2) is 9.99 Å². The molecule has 2 aromatic heterocycles. The van der Waals surface area contributed by atoms with Gasteiger partial charge in [-0.1, -0.05) is 48.4 Å². The summed E-state index contributed by atoms with van der Waals surface area (Å²) in [7, 11) is 0. The van der Waals surface area contributed by atoms with Gasteiger partial charge < -0.3 is 4.74 Å². The third kappa shape index (κ3) is 5.44. The number of pyridine rings is 1. The van der Waals surface area contributed by atoms with Crippen molar-refractivity contribution in [1.29, 1.82) is 0 Å². The van der Waals surface area contributed by atoms with Gasteiger partial charge >= 0.3 is 6.36 Å². The fourth-order valence-electron chi connectivity index (χ4n) is 5.72. The van der Waals surface area contributed by atoms with Crippen LogP contribution >= 0.6 is 11.6 Å². The highest BCUT2D eigenvalue weighted by Crippen LogP contribution is 2.37. The van der Waals surface area contributed by atoms with Crippen LogP contribution in [0, 0.1) is 11.8 Å². The Morgan fingerprint density at radius 3 is 2.54 bits per heavy atom. The maximum atomic E-state index is 13.8. The van der Waals surface area contributed by atoms with Gasteiger partial charge in [0.25, 0.3) is 5.56 Å². The average Bonchev–Trinajstić information content (AvgIpc) is 3.47. The number of halogens is 4. The van der Waals surface area contributed by atoms with E-state index in [9.17, 15) is 18.0 Å². The van der Waals surface area contributed by atoms with Crippen LogP contribution in [0.2, 0.25) is 5.02 Å². The summed E-state index contributed by atoms with van der Waals surface area (Å²) in [5, 5.41) is 3.12. The van der Waals surface area contributed by atoms with E-state index >= 15 is 0 Å². The van der Waals surface area contributed by atoms with Crippen molar-refractivity contribution in [2.45, 2.75) is 32.2 Å². The number of ether oxygens (including phenoxy) is 1. The van der Waals surface area contributed by atoms with Crippen LogP contribution in [0.3, 0.4) is 0 Å². The maximum absolute atomic E-state index is 13.8. The Bertz CT molecular complexity index is 1580. The van der Waals surface area contributed by atoms with Gasteiger partial charge in [0.15, 0.2) is 0 Å². The zero-order valence-electron chi connectivity index (χ0n) is 20.8. The van der Waals surface area contributed by atoms with Crippen molar-refractivity contribution in [2.75, 3.05) is 18.5 Å². The first-order chi connectivity index (χ1) is 18.7. The largest absolute Gasteiger partial charge is 0.573 e. The van der Waals surface area contributed by atoms with E-state index in [2.05, 4.69) is 25.1 Å². The van der Waals surface area contributed by atoms with Crippen LogP contribution < -0.4 is 15.7 Å². The van der Waals surface area contributed by atoms with E-state index in [1.165, 1.54) is 42.0 Å². The standard InChI is InChI=1S/C28H25ClF3N5O2/c29-24-10-2-1-9-22(24)23-12-20-13-33-27(35-36-15-18-6-4-7-19(18)16-36)34-25(20)37(26(23)38)14-17-5-3-8-21(11-17)39-28(30,31)32/h1-3,5,8-13,18-19H,4,6-7,14-16H2,(H,33,34,35). The number of hydrogen-bond acceptors (Lipinski definition) is 6. The van der Waals surface area contributed by atoms with Crippen LogP contribution in [0.1, 0.15) is 24.8 Å². The smallest absolute Gasteiger partial charge is 0.406 e. The molecule has 2 aliphatic rings. The molecule has 39 heavy (non-hydrogen) atoms. The lowest BCUT2D eigenvalue weighted by molar-refractivity contribution is -0.274. The third-order valence-electron chi connectivity index (χ3n) is 7.45. The molecule has 6 rings (SSSR count). The molecule has 1 saturated heterocycles. The highest BCUT2D eigenvalue weighted by atomic mass is 35.5. The first-order valence-electron chi connectivity index (χ1n) is 12.8. The Morgan fingerprint density at radius 2 is 1.79 bits per heavy atom. The van der Waals surface area contributed by atoms with Crippen LogP contribution in [0.25, 0.3) is 22.2 Å². The molecule has 7 nitrogen and oxygen atoms in total. The lowest BCUT2D eigenvalue weighted by atomic mass is 10.0. The summed E-state index contributed by atoms with van der Waals surface area (Å²) in [5.41, 5.74) is 4.59. The quantitative estimate of drug-likeness (QED) is 0.309. The van der Waals surface area contributed by atoms with Gasteiger partial charge in [-0.2, -0.15) is 4.98 Å². The molecule has 1 saturated carbocycles. The third-order valence-corrected chi connectivity index (χ3v) is 7.78. The number of hydrogen-bond donors (Lipinski definition) is 1. The first kappa shape index (κ1) is 25.6. The summed E-state index contributed by atoms with van der Waals surface area (Å²) in [4.78, 5) is 23.0. The highest BCUT2D eigenvalue weighted by molar-refractivity contribution is 6.33. The minimum atomic E-state index is -4.83. The average molecular weight is 556 g/mol. The predicted octanol–water partition coefficient (Wildman–Crippen LogP) is 6.12. The molecular weight excluding hydrogens is 531 g/mol. The van der Waals surface area contributed by atoms with Gasteiger partial charge in [0.05, 0.1) is 6.54 Å². The van der Waals surface area contributed by atoms with Crippen molar-refractivity contribution in [1.82, 2.24) is 19.5 Å². The SMILES string of the molecule is O=c1c(-c2ccccc2Cl)cc2cnc(NN3CC4CCCC4C3)nc2n1Cc1cccc(OC(F)(F)F)c1. The number of benzene rings is 2. The van der Waals surface area contributed by atoms with Crippen LogP contribution in [0.15, 0.2) is 65.6 Å². The Labute approximate surface area is 227 Å². The molecule has 1 aliphatic heterocycles. The second kappa shape index (κ2) is 10.2. The second-order valence-corrected chi connectivity index (χ2v) is 10.5. The lowest BCUT2D eigenvalue weighted by Gasteiger charge is -2.19. The first-order valence-corrected chi connectivity index (χ1v) is 13.1. The van der Waals surface area contributed by atoms with E-state index in [0.717, 1.165) is 13.1 Å². The molecule has 0 bridgehead atoms. The molecular formula is C28H25ClF3N5O2. The zero-order chi connectivity index (χ0) is 27.1. The molecule has 11 heteroatoms. The van der Waals surface area contributed by atoms with Crippen LogP contribution in [0.4, 0.5) is 19.1 Å². The normalized spacial score (nSPS) is 19.4. The molecule has 0 spiro atoms. The number of nitrogens with one attached hydrogen (secondary N) is 1. The van der Waals surface area contributed by atoms with Gasteiger partial charge in [-0.15, -0.1) is 13.2 Å². The molecule has 2 aromatic carbocycles. The van der Waals surface area contributed by atoms with Crippen molar-refractivity contribution in [3.05, 3.63) is 81.7 Å². The van der Waals surface area contributed by atoms with Crippen molar-refractivity contribution in [3.8, 4) is 16.9 Å². The Kier molecular flexibility index (Phi) is 6.68. The fraction of sp³-hybridized carbons (Fsp3) is 0.321. The molecule has 2 unspecified atom stereocenters. The summed E-state index contributed by atoms with van der Waals surface area (Å²) in [5.74, 6) is 1.33. The van der Waals surface area contributed by atoms with Gasteiger partial charge in [0, 0.05) is 40.8 Å². The predicted molar refractivity (Wildman–Crippen MR) is 142 cm³/mol. The molecule has 3 heterocycles. The number of hydrazine groups is 1. The van der Waals surface area contributed by atoms with Crippen molar-refractivity contribution >= 4 is 28.6 Å². The van der Waals surface area contributed by atoms with E-state index in [0.29, 0.717) is 50.5 Å². The molecule has 2 fully saturated rings. The Morgan fingerprint density at radius 1 is 1.03 bits per heavy atom. The van der Waals surface area contributed by atoms with Gasteiger partial charge in [-0.05, 0) is 54.5 Å². The monoisotopic (exact) mass is 555 g/mol. The molecule has 1 N–H and O–H groups in total. The van der Waals surface area contributed by atoms with Gasteiger partial charge in [0.1, 0.15) is 11.4 Å². The van der Waals surface area contributed by atoms with Gasteiger partial charge in [-0.3, -0.25) is 14.8 Å². The minimum absolute atomic E-state index is 0.0347. The zero-order valence-corrected chi connectivity index (χ0v) is 21.5. The molecule has 0 amide bonds. The maximum Gasteiger partial charge on any atom is 0.573 e. The highest BCUT2D eigenvalue weighted by Gasteiger charge is 2.36. The number of anilines is 1. The molecule has 0 radical (unpaired) electrons. The second-order valence-electron chi connectivity index (χ2n) is 10.1. The van der Waals surface area contributed by atoms with Crippen LogP contribution in [-0.4, -0.2) is 39.0 Å².